The van der Waals surface area contributed by atoms with E-state index in [4.69, 9.17) is 35.9 Å². The summed E-state index contributed by atoms with van der Waals surface area (Å²) in [5.41, 5.74) is 17.8. The molecule has 2 aromatic carbocycles. The molecule has 6 N–H and O–H groups in total. The largest absolute Gasteiger partial charge is 0.493 e. The molecule has 47 heavy (non-hydrogen) atoms. The van der Waals surface area contributed by atoms with E-state index in [0.29, 0.717) is 54.3 Å². The zero-order chi connectivity index (χ0) is 35.2. The third-order valence-corrected chi connectivity index (χ3v) is 8.38. The van der Waals surface area contributed by atoms with E-state index in [1.807, 2.05) is 32.6 Å². The van der Waals surface area contributed by atoms with Gasteiger partial charge in [-0.05, 0) is 82.7 Å². The maximum Gasteiger partial charge on any atom is 0.254 e. The Morgan fingerprint density at radius 2 is 1.47 bits per heavy atom. The first-order valence-corrected chi connectivity index (χ1v) is 16.1. The van der Waals surface area contributed by atoms with Crippen molar-refractivity contribution in [1.29, 1.82) is 0 Å². The van der Waals surface area contributed by atoms with Crippen molar-refractivity contribution in [1.82, 2.24) is 10.1 Å². The van der Waals surface area contributed by atoms with E-state index in [2.05, 4.69) is 5.16 Å². The van der Waals surface area contributed by atoms with Crippen LogP contribution in [0.3, 0.4) is 0 Å². The van der Waals surface area contributed by atoms with Crippen LogP contribution in [0.15, 0.2) is 34.9 Å². The number of nitrogens with two attached hydrogens (primary N) is 3. The zero-order valence-corrected chi connectivity index (χ0v) is 29.1. The van der Waals surface area contributed by atoms with E-state index in [1.54, 1.807) is 65.1 Å². The van der Waals surface area contributed by atoms with E-state index in [0.717, 1.165) is 0 Å². The first-order chi connectivity index (χ1) is 22.1. The van der Waals surface area contributed by atoms with Gasteiger partial charge < -0.3 is 40.8 Å². The fraction of sp³-hybridized carbons (Fsp3) is 0.543. The van der Waals surface area contributed by atoms with Crippen LogP contribution in [0.4, 0.5) is 5.69 Å². The number of unbranched alkanes of at least 4 members (excludes halogenated alkanes) is 1. The molecule has 12 nitrogen and oxygen atoms in total. The Bertz CT molecular complexity index is 1560. The molecule has 3 aromatic rings. The van der Waals surface area contributed by atoms with Crippen LogP contribution in [0.5, 0.6) is 17.2 Å². The number of hydrogen-bond donors (Lipinski definition) is 3. The van der Waals surface area contributed by atoms with Gasteiger partial charge in [0.2, 0.25) is 5.78 Å². The summed E-state index contributed by atoms with van der Waals surface area (Å²) in [7, 11) is 1.54. The highest BCUT2D eigenvalue weighted by molar-refractivity contribution is 6.23. The molecule has 0 saturated carbocycles. The number of carbonyl (C=O) groups is 3. The van der Waals surface area contributed by atoms with Gasteiger partial charge in [0.1, 0.15) is 17.0 Å². The molecule has 0 fully saturated rings. The Labute approximate surface area is 277 Å². The average Bonchev–Trinajstić information content (AvgIpc) is 3.46. The summed E-state index contributed by atoms with van der Waals surface area (Å²) in [6.45, 7) is 15.7. The summed E-state index contributed by atoms with van der Waals surface area (Å²) in [6.07, 6.45) is 1.32. The van der Waals surface area contributed by atoms with Crippen LogP contribution in [-0.2, 0) is 4.79 Å². The molecule has 0 aliphatic rings. The van der Waals surface area contributed by atoms with Crippen molar-refractivity contribution in [2.24, 2.45) is 23.3 Å². The summed E-state index contributed by atoms with van der Waals surface area (Å²) < 4.78 is 22.8. The fourth-order valence-corrected chi connectivity index (χ4v) is 5.43. The number of aromatic nitrogens is 1. The lowest BCUT2D eigenvalue weighted by atomic mass is 9.74. The Kier molecular flexibility index (Phi) is 12.4. The van der Waals surface area contributed by atoms with Gasteiger partial charge in [0.05, 0.1) is 31.8 Å². The molecule has 2 unspecified atom stereocenters. The molecule has 0 spiro atoms. The molecule has 0 aliphatic heterocycles. The number of hydrogen-bond acceptors (Lipinski definition) is 11. The van der Waals surface area contributed by atoms with Crippen molar-refractivity contribution in [2.75, 3.05) is 26.1 Å². The summed E-state index contributed by atoms with van der Waals surface area (Å²) in [4.78, 5) is 41.8. The van der Waals surface area contributed by atoms with E-state index in [1.165, 1.54) is 0 Å². The van der Waals surface area contributed by atoms with Crippen LogP contribution in [0, 0.1) is 11.8 Å². The van der Waals surface area contributed by atoms with Crippen molar-refractivity contribution in [3.05, 3.63) is 41.6 Å². The minimum absolute atomic E-state index is 0.0628. The second-order valence-electron chi connectivity index (χ2n) is 13.0. The predicted molar refractivity (Wildman–Crippen MR) is 182 cm³/mol. The number of rotatable bonds is 17. The van der Waals surface area contributed by atoms with Gasteiger partial charge in [-0.3, -0.25) is 14.4 Å². The minimum Gasteiger partial charge on any atom is -0.493 e. The first kappa shape index (κ1) is 37.3. The zero-order valence-electron chi connectivity index (χ0n) is 29.1. The number of nitrogens with zero attached hydrogens (tertiary/aromatic N) is 2. The number of carbonyl (C=O) groups excluding carboxylic acids is 3. The van der Waals surface area contributed by atoms with Crippen LogP contribution in [0.1, 0.15) is 89.1 Å². The summed E-state index contributed by atoms with van der Waals surface area (Å²) in [6, 6.07) is 7.66. The Morgan fingerprint density at radius 1 is 0.894 bits per heavy atom. The molecule has 0 radical (unpaired) electrons. The maximum atomic E-state index is 13.7. The number of benzene rings is 2. The normalized spacial score (nSPS) is 13.7. The first-order valence-electron chi connectivity index (χ1n) is 16.1. The number of fused-ring (bicyclic) bond motifs is 1. The number of amides is 1. The van der Waals surface area contributed by atoms with E-state index in [9.17, 15) is 14.4 Å². The van der Waals surface area contributed by atoms with Crippen LogP contribution in [0.25, 0.3) is 11.0 Å². The van der Waals surface area contributed by atoms with E-state index in [-0.39, 0.29) is 40.9 Å². The quantitative estimate of drug-likeness (QED) is 0.0770. The topological polar surface area (TPSA) is 186 Å². The minimum atomic E-state index is -1.88. The summed E-state index contributed by atoms with van der Waals surface area (Å²) in [5.74, 6) is -0.638. The molecule has 3 rings (SSSR count). The van der Waals surface area contributed by atoms with Gasteiger partial charge >= 0.3 is 0 Å². The number of Topliss-reactive ketones (excluding diaryl/α,β-unsaturated/α-hetero) is 2. The van der Waals surface area contributed by atoms with Gasteiger partial charge in [-0.25, -0.2) is 0 Å². The van der Waals surface area contributed by atoms with Crippen LogP contribution in [0.2, 0.25) is 0 Å². The molecular weight excluding hydrogens is 602 g/mol. The van der Waals surface area contributed by atoms with Crippen molar-refractivity contribution < 1.29 is 33.1 Å². The molecule has 0 saturated heterocycles. The van der Waals surface area contributed by atoms with Crippen molar-refractivity contribution in [2.45, 2.75) is 91.9 Å². The molecule has 2 atom stereocenters. The number of ketones is 2. The molecule has 0 aliphatic carbocycles. The van der Waals surface area contributed by atoms with Gasteiger partial charge in [0, 0.05) is 17.6 Å². The Balaban J connectivity index is 1.62. The third-order valence-electron chi connectivity index (χ3n) is 8.38. The smallest absolute Gasteiger partial charge is 0.254 e. The third kappa shape index (κ3) is 7.87. The number of ether oxygens (including phenoxy) is 3. The average molecular weight is 654 g/mol. The molecular formula is C35H51N5O7. The van der Waals surface area contributed by atoms with Crippen molar-refractivity contribution in [3.8, 4) is 17.2 Å². The SMILES string of the molecule is COc1cc(C(=O)N(C(C)C)C(C)C)ccc1OCCCCOc1ccc2c(C(=O)C(N)(C(=O)C(N)C(C)C)C(C)C)noc2c1N. The number of methoxy groups -OCH3 is 1. The number of anilines is 1. The van der Waals surface area contributed by atoms with Gasteiger partial charge in [0.15, 0.2) is 28.6 Å². The Morgan fingerprint density at radius 3 is 2.00 bits per heavy atom. The van der Waals surface area contributed by atoms with Crippen LogP contribution < -0.4 is 31.4 Å². The standard InChI is InChI=1S/C35H51N5O7/c1-19(2)28(36)32(41)35(38,20(3)4)33(42)30-24-13-15-26(29(37)31(24)47-39-30)46-17-11-10-16-45-25-14-12-23(18-27(25)44-9)34(43)40(21(5)6)22(7)8/h12-15,18-22,28H,10-11,16-17,36-38H2,1-9H3. The highest BCUT2D eigenvalue weighted by Crippen LogP contribution is 2.35. The van der Waals surface area contributed by atoms with Gasteiger partial charge in [0.25, 0.3) is 5.91 Å². The summed E-state index contributed by atoms with van der Waals surface area (Å²) in [5, 5.41) is 4.28. The molecule has 1 heterocycles. The van der Waals surface area contributed by atoms with Crippen molar-refractivity contribution >= 4 is 34.1 Å². The lowest BCUT2D eigenvalue weighted by Crippen LogP contribution is -2.64. The second kappa shape index (κ2) is 15.6. The lowest BCUT2D eigenvalue weighted by molar-refractivity contribution is -0.126. The number of nitrogen functional groups attached to an aromatic ring is 1. The van der Waals surface area contributed by atoms with Crippen molar-refractivity contribution in [3.63, 3.8) is 0 Å². The predicted octanol–water partition coefficient (Wildman–Crippen LogP) is 5.00. The maximum absolute atomic E-state index is 13.7. The second-order valence-corrected chi connectivity index (χ2v) is 13.0. The van der Waals surface area contributed by atoms with Gasteiger partial charge in [-0.1, -0.05) is 32.9 Å². The van der Waals surface area contributed by atoms with E-state index >= 15 is 0 Å². The Hall–Kier alpha value is -4.16. The van der Waals surface area contributed by atoms with Crippen LogP contribution >= 0.6 is 0 Å². The highest BCUT2D eigenvalue weighted by atomic mass is 16.5. The monoisotopic (exact) mass is 653 g/mol. The van der Waals surface area contributed by atoms with E-state index < -0.39 is 29.1 Å². The molecule has 0 bridgehead atoms. The van der Waals surface area contributed by atoms with Crippen LogP contribution in [-0.4, -0.2) is 71.5 Å². The molecule has 12 heteroatoms. The molecule has 258 valence electrons. The lowest BCUT2D eigenvalue weighted by Gasteiger charge is -2.33. The molecule has 1 amide bonds. The van der Waals surface area contributed by atoms with Gasteiger partial charge in [-0.15, -0.1) is 0 Å². The fourth-order valence-electron chi connectivity index (χ4n) is 5.43. The highest BCUT2D eigenvalue weighted by Gasteiger charge is 2.49. The van der Waals surface area contributed by atoms with Gasteiger partial charge in [-0.2, -0.15) is 0 Å². The summed E-state index contributed by atoms with van der Waals surface area (Å²) >= 11 is 0. The molecule has 1 aromatic heterocycles.